The Bertz CT molecular complexity index is 704. The number of rotatable bonds is 4. The normalized spacial score (nSPS) is 21.0. The first-order chi connectivity index (χ1) is 10.5. The maximum atomic E-state index is 12.3. The number of carbonyl (C=O) groups is 2. The summed E-state index contributed by atoms with van der Waals surface area (Å²) >= 11 is 1.38. The lowest BCUT2D eigenvalue weighted by Crippen LogP contribution is -2.42. The highest BCUT2D eigenvalue weighted by atomic mass is 32.1. The van der Waals surface area contributed by atoms with Gasteiger partial charge < -0.3 is 15.5 Å². The molecule has 0 aliphatic heterocycles. The molecule has 0 spiro atoms. The van der Waals surface area contributed by atoms with Gasteiger partial charge in [0.15, 0.2) is 0 Å². The summed E-state index contributed by atoms with van der Waals surface area (Å²) in [4.78, 5) is 25.2. The summed E-state index contributed by atoms with van der Waals surface area (Å²) in [6.07, 6.45) is 2.47. The molecule has 1 fully saturated rings. The van der Waals surface area contributed by atoms with Crippen molar-refractivity contribution in [3.63, 3.8) is 0 Å². The maximum Gasteiger partial charge on any atom is 0.261 e. The van der Waals surface area contributed by atoms with Crippen molar-refractivity contribution in [1.29, 1.82) is 0 Å². The van der Waals surface area contributed by atoms with Crippen molar-refractivity contribution in [3.05, 3.63) is 34.9 Å². The molecule has 5 nitrogen and oxygen atoms in total. The van der Waals surface area contributed by atoms with Gasteiger partial charge in [0.25, 0.3) is 5.91 Å². The summed E-state index contributed by atoms with van der Waals surface area (Å²) < 4.78 is 5.56. The maximum absolute atomic E-state index is 12.3. The molecule has 0 bridgehead atoms. The predicted octanol–water partition coefficient (Wildman–Crippen LogP) is 2.70. The zero-order chi connectivity index (χ0) is 15.7. The third-order valence-corrected chi connectivity index (χ3v) is 5.11. The van der Waals surface area contributed by atoms with Crippen LogP contribution in [0.15, 0.2) is 28.7 Å². The lowest BCUT2D eigenvalue weighted by molar-refractivity contribution is -0.122. The summed E-state index contributed by atoms with van der Waals surface area (Å²) in [6.45, 7) is 1.88. The molecule has 3 N–H and O–H groups in total. The molecular formula is C16H18N2O3S. The number of thiophene rings is 1. The molecule has 1 aliphatic rings. The number of nitrogens with one attached hydrogen (secondary N) is 1. The smallest absolute Gasteiger partial charge is 0.261 e. The van der Waals surface area contributed by atoms with Gasteiger partial charge >= 0.3 is 0 Å². The lowest BCUT2D eigenvalue weighted by atomic mass is 10.0. The van der Waals surface area contributed by atoms with Crippen molar-refractivity contribution in [2.24, 2.45) is 11.7 Å². The van der Waals surface area contributed by atoms with Crippen LogP contribution in [0.4, 0.5) is 0 Å². The van der Waals surface area contributed by atoms with Crippen LogP contribution in [0.25, 0.3) is 10.6 Å². The summed E-state index contributed by atoms with van der Waals surface area (Å²) in [5.74, 6) is 0.858. The first kappa shape index (κ1) is 14.8. The zero-order valence-electron chi connectivity index (χ0n) is 12.3. The van der Waals surface area contributed by atoms with E-state index >= 15 is 0 Å². The molecule has 0 radical (unpaired) electrons. The molecule has 6 heteroatoms. The zero-order valence-corrected chi connectivity index (χ0v) is 13.1. The van der Waals surface area contributed by atoms with E-state index in [1.807, 2.05) is 25.1 Å². The van der Waals surface area contributed by atoms with Gasteiger partial charge in [-0.1, -0.05) is 6.42 Å². The van der Waals surface area contributed by atoms with Crippen LogP contribution in [-0.4, -0.2) is 17.9 Å². The second kappa shape index (κ2) is 5.96. The van der Waals surface area contributed by atoms with E-state index < -0.39 is 0 Å². The Balaban J connectivity index is 1.71. The number of furan rings is 1. The predicted molar refractivity (Wildman–Crippen MR) is 84.5 cm³/mol. The van der Waals surface area contributed by atoms with E-state index in [9.17, 15) is 9.59 Å². The van der Waals surface area contributed by atoms with E-state index in [2.05, 4.69) is 5.32 Å². The van der Waals surface area contributed by atoms with Crippen LogP contribution in [0, 0.1) is 12.8 Å². The molecule has 2 aromatic rings. The molecule has 2 atom stereocenters. The van der Waals surface area contributed by atoms with Crippen LogP contribution < -0.4 is 11.1 Å². The molecule has 2 heterocycles. The number of primary amides is 1. The molecule has 3 rings (SSSR count). The Morgan fingerprint density at radius 1 is 1.27 bits per heavy atom. The fourth-order valence-corrected chi connectivity index (χ4v) is 3.74. The fourth-order valence-electron chi connectivity index (χ4n) is 2.87. The molecule has 1 saturated carbocycles. The minimum atomic E-state index is -0.333. The number of hydrogen-bond acceptors (Lipinski definition) is 4. The van der Waals surface area contributed by atoms with Gasteiger partial charge in [-0.15, -0.1) is 11.3 Å². The van der Waals surface area contributed by atoms with Crippen LogP contribution >= 0.6 is 11.3 Å². The molecule has 0 aromatic carbocycles. The van der Waals surface area contributed by atoms with E-state index in [0.717, 1.165) is 35.7 Å². The van der Waals surface area contributed by atoms with Crippen LogP contribution in [0.3, 0.4) is 0 Å². The average Bonchev–Trinajstić information content (AvgIpc) is 3.16. The van der Waals surface area contributed by atoms with Crippen molar-refractivity contribution in [2.45, 2.75) is 32.2 Å². The second-order valence-corrected chi connectivity index (χ2v) is 6.68. The summed E-state index contributed by atoms with van der Waals surface area (Å²) in [5.41, 5.74) is 5.38. The molecule has 22 heavy (non-hydrogen) atoms. The summed E-state index contributed by atoms with van der Waals surface area (Å²) in [7, 11) is 0. The Morgan fingerprint density at radius 3 is 2.77 bits per heavy atom. The van der Waals surface area contributed by atoms with Crippen LogP contribution in [0.5, 0.6) is 0 Å². The minimum absolute atomic E-state index is 0.151. The quantitative estimate of drug-likeness (QED) is 0.909. The van der Waals surface area contributed by atoms with Crippen molar-refractivity contribution in [2.75, 3.05) is 0 Å². The SMILES string of the molecule is Cc1ccc(-c2ccc(C(=O)NC3CCCC3C(N)=O)s2)o1. The van der Waals surface area contributed by atoms with Crippen molar-refractivity contribution < 1.29 is 14.0 Å². The van der Waals surface area contributed by atoms with Crippen molar-refractivity contribution in [3.8, 4) is 10.6 Å². The van der Waals surface area contributed by atoms with Gasteiger partial charge in [0.05, 0.1) is 15.7 Å². The van der Waals surface area contributed by atoms with Crippen LogP contribution in [0.1, 0.15) is 34.7 Å². The minimum Gasteiger partial charge on any atom is -0.461 e. The van der Waals surface area contributed by atoms with E-state index in [1.54, 1.807) is 6.07 Å². The fraction of sp³-hybridized carbons (Fsp3) is 0.375. The number of hydrogen-bond donors (Lipinski definition) is 2. The molecule has 2 unspecified atom stereocenters. The van der Waals surface area contributed by atoms with E-state index in [4.69, 9.17) is 10.2 Å². The van der Waals surface area contributed by atoms with Crippen molar-refractivity contribution in [1.82, 2.24) is 5.32 Å². The Labute approximate surface area is 132 Å². The molecule has 1 aliphatic carbocycles. The third kappa shape index (κ3) is 2.92. The number of aryl methyl sites for hydroxylation is 1. The summed E-state index contributed by atoms with van der Waals surface area (Å²) in [5, 5.41) is 2.94. The number of nitrogens with two attached hydrogens (primary N) is 1. The van der Waals surface area contributed by atoms with Gasteiger partial charge in [-0.3, -0.25) is 9.59 Å². The molecule has 2 amide bonds. The molecule has 116 valence electrons. The third-order valence-electron chi connectivity index (χ3n) is 4.01. The highest BCUT2D eigenvalue weighted by Crippen LogP contribution is 2.30. The highest BCUT2D eigenvalue weighted by molar-refractivity contribution is 7.17. The van der Waals surface area contributed by atoms with E-state index in [0.29, 0.717) is 4.88 Å². The van der Waals surface area contributed by atoms with Gasteiger partial charge in [0.2, 0.25) is 5.91 Å². The second-order valence-electron chi connectivity index (χ2n) is 5.59. The van der Waals surface area contributed by atoms with Crippen LogP contribution in [0.2, 0.25) is 0 Å². The van der Waals surface area contributed by atoms with E-state index in [1.165, 1.54) is 11.3 Å². The Hall–Kier alpha value is -2.08. The van der Waals surface area contributed by atoms with Gasteiger partial charge in [-0.05, 0) is 44.0 Å². The van der Waals surface area contributed by atoms with E-state index in [-0.39, 0.29) is 23.8 Å². The monoisotopic (exact) mass is 318 g/mol. The van der Waals surface area contributed by atoms with Crippen LogP contribution in [-0.2, 0) is 4.79 Å². The molecule has 0 saturated heterocycles. The average molecular weight is 318 g/mol. The highest BCUT2D eigenvalue weighted by Gasteiger charge is 2.32. The summed E-state index contributed by atoms with van der Waals surface area (Å²) in [6, 6.07) is 7.29. The van der Waals surface area contributed by atoms with Gasteiger partial charge in [-0.25, -0.2) is 0 Å². The largest absolute Gasteiger partial charge is 0.461 e. The lowest BCUT2D eigenvalue weighted by Gasteiger charge is -2.17. The topological polar surface area (TPSA) is 85.3 Å². The van der Waals surface area contributed by atoms with Gasteiger partial charge in [0.1, 0.15) is 11.5 Å². The van der Waals surface area contributed by atoms with Gasteiger partial charge in [-0.2, -0.15) is 0 Å². The van der Waals surface area contributed by atoms with Gasteiger partial charge in [0, 0.05) is 6.04 Å². The molecular weight excluding hydrogens is 300 g/mol. The Kier molecular flexibility index (Phi) is 4.02. The standard InChI is InChI=1S/C16H18N2O3S/c1-9-5-6-12(21-9)13-7-8-14(22-13)16(20)18-11-4-2-3-10(11)15(17)19/h5-8,10-11H,2-4H2,1H3,(H2,17,19)(H,18,20). The Morgan fingerprint density at radius 2 is 2.09 bits per heavy atom. The first-order valence-corrected chi connectivity index (χ1v) is 8.13. The first-order valence-electron chi connectivity index (χ1n) is 7.31. The molecule has 2 aromatic heterocycles. The number of amides is 2. The van der Waals surface area contributed by atoms with Crippen molar-refractivity contribution >= 4 is 23.2 Å². The number of carbonyl (C=O) groups excluding carboxylic acids is 2.